The van der Waals surface area contributed by atoms with Crippen LogP contribution in [0.5, 0.6) is 11.5 Å². The van der Waals surface area contributed by atoms with E-state index in [0.717, 1.165) is 5.56 Å². The number of carbonyl (C=O) groups excluding carboxylic acids is 1. The minimum Gasteiger partial charge on any atom is -0.493 e. The molecule has 2 aromatic rings. The van der Waals surface area contributed by atoms with Crippen molar-refractivity contribution in [1.82, 2.24) is 5.32 Å². The van der Waals surface area contributed by atoms with Gasteiger partial charge in [-0.1, -0.05) is 30.0 Å². The number of hydrogen-bond donors (Lipinski definition) is 1. The maximum absolute atomic E-state index is 12.1. The molecule has 4 nitrogen and oxygen atoms in total. The molecule has 0 aromatic heterocycles. The van der Waals surface area contributed by atoms with Gasteiger partial charge in [-0.25, -0.2) is 0 Å². The normalized spacial score (nSPS) is 9.48. The van der Waals surface area contributed by atoms with Crippen LogP contribution in [0.25, 0.3) is 0 Å². The minimum absolute atomic E-state index is 0.200. The summed E-state index contributed by atoms with van der Waals surface area (Å²) in [5.74, 6) is 6.87. The number of carbonyl (C=O) groups is 1. The van der Waals surface area contributed by atoms with Crippen LogP contribution in [0.2, 0.25) is 0 Å². The van der Waals surface area contributed by atoms with Gasteiger partial charge in [0, 0.05) is 11.1 Å². The van der Waals surface area contributed by atoms with Crippen LogP contribution in [0, 0.1) is 11.8 Å². The first-order valence-electron chi connectivity index (χ1n) is 7.37. The number of methoxy groups -OCH3 is 1. The van der Waals surface area contributed by atoms with Crippen LogP contribution >= 0.6 is 0 Å². The molecule has 1 N–H and O–H groups in total. The molecule has 0 saturated carbocycles. The summed E-state index contributed by atoms with van der Waals surface area (Å²) in [4.78, 5) is 12.1. The first-order valence-corrected chi connectivity index (χ1v) is 7.37. The average molecular weight is 309 g/mol. The molecule has 118 valence electrons. The topological polar surface area (TPSA) is 47.6 Å². The van der Waals surface area contributed by atoms with E-state index in [4.69, 9.17) is 9.47 Å². The Kier molecular flexibility index (Phi) is 6.07. The Hall–Kier alpha value is -2.93. The van der Waals surface area contributed by atoms with Crippen molar-refractivity contribution in [2.45, 2.75) is 6.92 Å². The van der Waals surface area contributed by atoms with Gasteiger partial charge in [0.2, 0.25) is 0 Å². The first-order chi connectivity index (χ1) is 11.2. The molecule has 0 spiro atoms. The van der Waals surface area contributed by atoms with E-state index in [1.54, 1.807) is 25.3 Å². The van der Waals surface area contributed by atoms with Crippen molar-refractivity contribution in [3.05, 3.63) is 59.7 Å². The highest BCUT2D eigenvalue weighted by molar-refractivity contribution is 5.95. The molecule has 23 heavy (non-hydrogen) atoms. The summed E-state index contributed by atoms with van der Waals surface area (Å²) in [6.45, 7) is 2.71. The number of amides is 1. The van der Waals surface area contributed by atoms with E-state index in [2.05, 4.69) is 17.2 Å². The largest absolute Gasteiger partial charge is 0.493 e. The Morgan fingerprint density at radius 3 is 2.61 bits per heavy atom. The summed E-state index contributed by atoms with van der Waals surface area (Å²) >= 11 is 0. The van der Waals surface area contributed by atoms with Gasteiger partial charge in [-0.2, -0.15) is 0 Å². The molecule has 0 unspecified atom stereocenters. The highest BCUT2D eigenvalue weighted by atomic mass is 16.5. The second-order valence-corrected chi connectivity index (χ2v) is 4.65. The zero-order valence-electron chi connectivity index (χ0n) is 13.3. The zero-order valence-corrected chi connectivity index (χ0v) is 13.3. The van der Waals surface area contributed by atoms with E-state index < -0.39 is 0 Å². The third-order valence-corrected chi connectivity index (χ3v) is 3.07. The lowest BCUT2D eigenvalue weighted by Crippen LogP contribution is -2.23. The fraction of sp³-hybridized carbons (Fsp3) is 0.211. The van der Waals surface area contributed by atoms with Crippen LogP contribution in [-0.4, -0.2) is 26.2 Å². The fourth-order valence-corrected chi connectivity index (χ4v) is 1.98. The van der Waals surface area contributed by atoms with Gasteiger partial charge >= 0.3 is 0 Å². The smallest absolute Gasteiger partial charge is 0.252 e. The van der Waals surface area contributed by atoms with E-state index in [1.807, 2.05) is 37.3 Å². The summed E-state index contributed by atoms with van der Waals surface area (Å²) in [5.41, 5.74) is 1.43. The minimum atomic E-state index is -0.200. The summed E-state index contributed by atoms with van der Waals surface area (Å²) in [5, 5.41) is 2.76. The van der Waals surface area contributed by atoms with Gasteiger partial charge in [0.25, 0.3) is 5.91 Å². The summed E-state index contributed by atoms with van der Waals surface area (Å²) in [6.07, 6.45) is 0. The summed E-state index contributed by atoms with van der Waals surface area (Å²) < 4.78 is 10.7. The molecule has 0 aliphatic heterocycles. The summed E-state index contributed by atoms with van der Waals surface area (Å²) in [6, 6.07) is 14.7. The van der Waals surface area contributed by atoms with Crippen molar-refractivity contribution in [2.75, 3.05) is 20.3 Å². The van der Waals surface area contributed by atoms with Crippen molar-refractivity contribution in [3.8, 4) is 23.3 Å². The lowest BCUT2D eigenvalue weighted by Gasteiger charge is -2.10. The third kappa shape index (κ3) is 4.79. The number of nitrogens with one attached hydrogen (secondary N) is 1. The van der Waals surface area contributed by atoms with Gasteiger partial charge in [-0.05, 0) is 37.3 Å². The van der Waals surface area contributed by atoms with Gasteiger partial charge in [0.15, 0.2) is 11.5 Å². The second kappa shape index (κ2) is 8.50. The fourth-order valence-electron chi connectivity index (χ4n) is 1.98. The zero-order chi connectivity index (χ0) is 16.5. The highest BCUT2D eigenvalue weighted by Gasteiger charge is 2.10. The first kappa shape index (κ1) is 16.4. The average Bonchev–Trinajstić information content (AvgIpc) is 2.60. The quantitative estimate of drug-likeness (QED) is 0.864. The van der Waals surface area contributed by atoms with E-state index in [1.165, 1.54) is 0 Å². The molecule has 0 bridgehead atoms. The Labute approximate surface area is 136 Å². The maximum Gasteiger partial charge on any atom is 0.252 e. The number of rotatable bonds is 5. The van der Waals surface area contributed by atoms with Crippen molar-refractivity contribution in [1.29, 1.82) is 0 Å². The molecule has 0 radical (unpaired) electrons. The molecule has 2 rings (SSSR count). The van der Waals surface area contributed by atoms with Crippen molar-refractivity contribution < 1.29 is 14.3 Å². The van der Waals surface area contributed by atoms with Gasteiger partial charge in [0.05, 0.1) is 20.3 Å². The maximum atomic E-state index is 12.1. The van der Waals surface area contributed by atoms with Crippen LogP contribution < -0.4 is 14.8 Å². The van der Waals surface area contributed by atoms with Crippen LogP contribution in [0.3, 0.4) is 0 Å². The Bertz CT molecular complexity index is 714. The SMILES string of the molecule is CCOc1ccc(C(=O)NCC#Cc2ccccc2)cc1OC. The molecule has 2 aromatic carbocycles. The van der Waals surface area contributed by atoms with Crippen LogP contribution in [-0.2, 0) is 0 Å². The van der Waals surface area contributed by atoms with Gasteiger partial charge < -0.3 is 14.8 Å². The predicted octanol–water partition coefficient (Wildman–Crippen LogP) is 2.88. The van der Waals surface area contributed by atoms with Gasteiger partial charge in [-0.3, -0.25) is 4.79 Å². The molecule has 1 amide bonds. The Morgan fingerprint density at radius 2 is 1.91 bits per heavy atom. The standard InChI is InChI=1S/C19H19NO3/c1-3-23-17-12-11-16(14-18(17)22-2)19(21)20-13-7-10-15-8-5-4-6-9-15/h4-6,8-9,11-12,14H,3,13H2,1-2H3,(H,20,21). The van der Waals surface area contributed by atoms with Crippen molar-refractivity contribution >= 4 is 5.91 Å². The molecular formula is C19H19NO3. The number of hydrogen-bond acceptors (Lipinski definition) is 3. The van der Waals surface area contributed by atoms with Crippen molar-refractivity contribution in [2.24, 2.45) is 0 Å². The van der Waals surface area contributed by atoms with E-state index in [9.17, 15) is 4.79 Å². The molecule has 0 atom stereocenters. The lowest BCUT2D eigenvalue weighted by molar-refractivity contribution is 0.0958. The monoisotopic (exact) mass is 309 g/mol. The van der Waals surface area contributed by atoms with Crippen LogP contribution in [0.4, 0.5) is 0 Å². The van der Waals surface area contributed by atoms with E-state index in [0.29, 0.717) is 23.7 Å². The van der Waals surface area contributed by atoms with E-state index >= 15 is 0 Å². The second-order valence-electron chi connectivity index (χ2n) is 4.65. The van der Waals surface area contributed by atoms with Crippen LogP contribution in [0.1, 0.15) is 22.8 Å². The van der Waals surface area contributed by atoms with Crippen LogP contribution in [0.15, 0.2) is 48.5 Å². The lowest BCUT2D eigenvalue weighted by atomic mass is 10.2. The highest BCUT2D eigenvalue weighted by Crippen LogP contribution is 2.27. The number of benzene rings is 2. The predicted molar refractivity (Wildman–Crippen MR) is 89.8 cm³/mol. The van der Waals surface area contributed by atoms with Crippen molar-refractivity contribution in [3.63, 3.8) is 0 Å². The molecule has 4 heteroatoms. The van der Waals surface area contributed by atoms with E-state index in [-0.39, 0.29) is 12.5 Å². The van der Waals surface area contributed by atoms with Gasteiger partial charge in [-0.15, -0.1) is 0 Å². The molecule has 0 heterocycles. The molecule has 0 aliphatic carbocycles. The Morgan fingerprint density at radius 1 is 1.13 bits per heavy atom. The molecular weight excluding hydrogens is 290 g/mol. The Balaban J connectivity index is 1.97. The summed E-state index contributed by atoms with van der Waals surface area (Å²) in [7, 11) is 1.55. The third-order valence-electron chi connectivity index (χ3n) is 3.07. The molecule has 0 aliphatic rings. The molecule has 0 saturated heterocycles. The molecule has 0 fully saturated rings. The number of ether oxygens (including phenoxy) is 2. The van der Waals surface area contributed by atoms with Gasteiger partial charge in [0.1, 0.15) is 0 Å².